The quantitative estimate of drug-likeness (QED) is 0.816. The van der Waals surface area contributed by atoms with E-state index in [-0.39, 0.29) is 24.5 Å². The van der Waals surface area contributed by atoms with Crippen molar-refractivity contribution < 1.29 is 19.4 Å². The van der Waals surface area contributed by atoms with Gasteiger partial charge in [0.25, 0.3) is 0 Å². The molecule has 116 valence electrons. The summed E-state index contributed by atoms with van der Waals surface area (Å²) in [6, 6.07) is 1.69. The van der Waals surface area contributed by atoms with Gasteiger partial charge in [0.2, 0.25) is 5.91 Å². The first-order chi connectivity index (χ1) is 10.0. The molecule has 2 N–H and O–H groups in total. The van der Waals surface area contributed by atoms with Crippen molar-refractivity contribution in [3.05, 3.63) is 16.3 Å². The van der Waals surface area contributed by atoms with Gasteiger partial charge in [-0.2, -0.15) is 0 Å². The lowest BCUT2D eigenvalue weighted by Crippen LogP contribution is -2.45. The number of rotatable bonds is 4. The zero-order valence-corrected chi connectivity index (χ0v) is 13.0. The predicted octanol–water partition coefficient (Wildman–Crippen LogP) is 1.18. The molecule has 1 saturated heterocycles. The van der Waals surface area contributed by atoms with Gasteiger partial charge in [0.05, 0.1) is 25.4 Å². The largest absolute Gasteiger partial charge is 0.465 e. The first kappa shape index (κ1) is 15.9. The number of thiophene rings is 1. The van der Waals surface area contributed by atoms with Crippen LogP contribution in [0.1, 0.15) is 23.0 Å². The van der Waals surface area contributed by atoms with E-state index in [4.69, 9.17) is 0 Å². The molecule has 1 amide bonds. The van der Waals surface area contributed by atoms with E-state index in [0.29, 0.717) is 30.1 Å². The maximum Gasteiger partial charge on any atom is 0.350 e. The highest BCUT2D eigenvalue weighted by Gasteiger charge is 2.25. The molecule has 2 atom stereocenters. The summed E-state index contributed by atoms with van der Waals surface area (Å²) in [5.74, 6) is -0.449. The fourth-order valence-corrected chi connectivity index (χ4v) is 3.18. The molecule has 21 heavy (non-hydrogen) atoms. The Kier molecular flexibility index (Phi) is 5.33. The number of aliphatic hydroxyl groups is 1. The number of amides is 1. The lowest BCUT2D eigenvalue weighted by atomic mass is 9.97. The van der Waals surface area contributed by atoms with Crippen LogP contribution in [-0.4, -0.2) is 54.7 Å². The second kappa shape index (κ2) is 7.02. The minimum Gasteiger partial charge on any atom is -0.465 e. The highest BCUT2D eigenvalue weighted by molar-refractivity contribution is 7.12. The number of nitrogens with one attached hydrogen (secondary N) is 1. The zero-order valence-electron chi connectivity index (χ0n) is 12.2. The van der Waals surface area contributed by atoms with E-state index in [2.05, 4.69) is 10.1 Å². The maximum absolute atomic E-state index is 12.1. The van der Waals surface area contributed by atoms with Crippen LogP contribution in [0, 0.1) is 5.92 Å². The Morgan fingerprint density at radius 1 is 1.57 bits per heavy atom. The molecule has 1 aromatic heterocycles. The normalized spacial score (nSPS) is 22.8. The highest BCUT2D eigenvalue weighted by atomic mass is 32.1. The zero-order chi connectivity index (χ0) is 15.4. The van der Waals surface area contributed by atoms with Crippen LogP contribution in [0.4, 0.5) is 5.69 Å². The topological polar surface area (TPSA) is 78.9 Å². The van der Waals surface area contributed by atoms with Gasteiger partial charge in [0.15, 0.2) is 0 Å². The summed E-state index contributed by atoms with van der Waals surface area (Å²) in [7, 11) is 1.31. The van der Waals surface area contributed by atoms with Crippen LogP contribution in [0.25, 0.3) is 0 Å². The van der Waals surface area contributed by atoms with Crippen molar-refractivity contribution in [3.63, 3.8) is 0 Å². The van der Waals surface area contributed by atoms with Crippen LogP contribution in [-0.2, 0) is 9.53 Å². The summed E-state index contributed by atoms with van der Waals surface area (Å²) in [5, 5.41) is 14.2. The number of ether oxygens (including phenoxy) is 1. The number of carbonyl (C=O) groups excluding carboxylic acids is 2. The smallest absolute Gasteiger partial charge is 0.350 e. The molecule has 7 heteroatoms. The van der Waals surface area contributed by atoms with Crippen LogP contribution in [0.5, 0.6) is 0 Å². The molecular formula is C14H20N2O4S. The molecule has 1 aliphatic rings. The molecule has 0 saturated carbocycles. The average Bonchev–Trinajstić information content (AvgIpc) is 2.90. The lowest BCUT2D eigenvalue weighted by Gasteiger charge is -2.33. The standard InChI is InChI=1S/C14H20N2O4S/c1-9-7-16(5-3-11(9)17)8-12(18)15-10-4-6-21-13(10)14(19)20-2/h4,6,9,11,17H,3,5,7-8H2,1-2H3,(H,15,18). The fraction of sp³-hybridized carbons (Fsp3) is 0.571. The molecule has 1 fully saturated rings. The minimum absolute atomic E-state index is 0.165. The van der Waals surface area contributed by atoms with E-state index in [0.717, 1.165) is 0 Å². The molecular weight excluding hydrogens is 292 g/mol. The molecule has 2 heterocycles. The van der Waals surface area contributed by atoms with Gasteiger partial charge in [-0.25, -0.2) is 4.79 Å². The third-order valence-corrected chi connectivity index (χ3v) is 4.52. The predicted molar refractivity (Wildman–Crippen MR) is 80.5 cm³/mol. The van der Waals surface area contributed by atoms with E-state index in [1.54, 1.807) is 11.4 Å². The van der Waals surface area contributed by atoms with Gasteiger partial charge in [0, 0.05) is 13.1 Å². The van der Waals surface area contributed by atoms with E-state index in [1.807, 2.05) is 11.8 Å². The third kappa shape index (κ3) is 4.03. The van der Waals surface area contributed by atoms with Crippen LogP contribution in [0.3, 0.4) is 0 Å². The van der Waals surface area contributed by atoms with Crippen molar-refractivity contribution in [2.45, 2.75) is 19.4 Å². The van der Waals surface area contributed by atoms with Crippen LogP contribution >= 0.6 is 11.3 Å². The number of aliphatic hydroxyl groups excluding tert-OH is 1. The third-order valence-electron chi connectivity index (χ3n) is 3.62. The summed E-state index contributed by atoms with van der Waals surface area (Å²) in [4.78, 5) is 26.0. The Hall–Kier alpha value is -1.44. The average molecular weight is 312 g/mol. The van der Waals surface area contributed by atoms with Crippen molar-refractivity contribution >= 4 is 28.9 Å². The van der Waals surface area contributed by atoms with Crippen LogP contribution in [0.15, 0.2) is 11.4 Å². The van der Waals surface area contributed by atoms with Gasteiger partial charge in [0.1, 0.15) is 4.88 Å². The van der Waals surface area contributed by atoms with Gasteiger partial charge < -0.3 is 15.2 Å². The Morgan fingerprint density at radius 2 is 2.33 bits per heavy atom. The van der Waals surface area contributed by atoms with Crippen LogP contribution in [0.2, 0.25) is 0 Å². The second-order valence-corrected chi connectivity index (χ2v) is 6.19. The number of esters is 1. The fourth-order valence-electron chi connectivity index (χ4n) is 2.41. The molecule has 1 aliphatic heterocycles. The van der Waals surface area contributed by atoms with Crippen molar-refractivity contribution in [3.8, 4) is 0 Å². The first-order valence-electron chi connectivity index (χ1n) is 6.87. The highest BCUT2D eigenvalue weighted by Crippen LogP contribution is 2.23. The molecule has 0 radical (unpaired) electrons. The summed E-state index contributed by atoms with van der Waals surface area (Å²) >= 11 is 1.24. The number of hydrogen-bond donors (Lipinski definition) is 2. The summed E-state index contributed by atoms with van der Waals surface area (Å²) < 4.78 is 4.67. The van der Waals surface area contributed by atoms with E-state index < -0.39 is 5.97 Å². The SMILES string of the molecule is COC(=O)c1sccc1NC(=O)CN1CCC(O)C(C)C1. The molecule has 1 aromatic rings. The number of likely N-dealkylation sites (tertiary alicyclic amines) is 1. The van der Waals surface area contributed by atoms with E-state index >= 15 is 0 Å². The minimum atomic E-state index is -0.449. The molecule has 0 aromatic carbocycles. The van der Waals surface area contributed by atoms with Gasteiger partial charge in [-0.1, -0.05) is 6.92 Å². The summed E-state index contributed by atoms with van der Waals surface area (Å²) in [6.45, 7) is 3.63. The molecule has 0 bridgehead atoms. The van der Waals surface area contributed by atoms with Crippen molar-refractivity contribution in [2.24, 2.45) is 5.92 Å². The number of anilines is 1. The number of carbonyl (C=O) groups is 2. The lowest BCUT2D eigenvalue weighted by molar-refractivity contribution is -0.118. The van der Waals surface area contributed by atoms with E-state index in [1.165, 1.54) is 18.4 Å². The maximum atomic E-state index is 12.1. The molecule has 0 spiro atoms. The second-order valence-electron chi connectivity index (χ2n) is 5.27. The summed E-state index contributed by atoms with van der Waals surface area (Å²) in [6.07, 6.45) is 0.396. The number of methoxy groups -OCH3 is 1. The molecule has 2 unspecified atom stereocenters. The Labute approximate surface area is 127 Å². The van der Waals surface area contributed by atoms with Gasteiger partial charge >= 0.3 is 5.97 Å². The van der Waals surface area contributed by atoms with Gasteiger partial charge in [-0.15, -0.1) is 11.3 Å². The molecule has 0 aliphatic carbocycles. The van der Waals surface area contributed by atoms with Gasteiger partial charge in [-0.3, -0.25) is 9.69 Å². The van der Waals surface area contributed by atoms with Gasteiger partial charge in [-0.05, 0) is 23.8 Å². The Bertz CT molecular complexity index is 517. The number of piperidine rings is 1. The van der Waals surface area contributed by atoms with Crippen LogP contribution < -0.4 is 5.32 Å². The van der Waals surface area contributed by atoms with Crippen molar-refractivity contribution in [1.29, 1.82) is 0 Å². The monoisotopic (exact) mass is 312 g/mol. The number of nitrogens with zero attached hydrogens (tertiary/aromatic N) is 1. The number of hydrogen-bond acceptors (Lipinski definition) is 6. The van der Waals surface area contributed by atoms with Crippen molar-refractivity contribution in [1.82, 2.24) is 4.90 Å². The molecule has 2 rings (SSSR count). The molecule has 6 nitrogen and oxygen atoms in total. The Balaban J connectivity index is 1.91. The summed E-state index contributed by atoms with van der Waals surface area (Å²) in [5.41, 5.74) is 0.488. The van der Waals surface area contributed by atoms with Crippen molar-refractivity contribution in [2.75, 3.05) is 32.1 Å². The van der Waals surface area contributed by atoms with E-state index in [9.17, 15) is 14.7 Å². The first-order valence-corrected chi connectivity index (χ1v) is 7.75. The Morgan fingerprint density at radius 3 is 3.00 bits per heavy atom.